The van der Waals surface area contributed by atoms with Crippen molar-refractivity contribution in [3.05, 3.63) is 220 Å². The number of carbonyl (C=O) groups is 15. The van der Waals surface area contributed by atoms with Crippen molar-refractivity contribution in [3.8, 4) is 23.0 Å². The van der Waals surface area contributed by atoms with E-state index in [0.717, 1.165) is 34.1 Å². The number of carboxylic acids is 1. The first-order chi connectivity index (χ1) is 64.4. The highest BCUT2D eigenvalue weighted by Crippen LogP contribution is 2.46. The third kappa shape index (κ3) is 16.6. The largest absolute Gasteiger partial charge is 0.497 e. The molecule has 7 N–H and O–H groups in total. The summed E-state index contributed by atoms with van der Waals surface area (Å²) in [6, 6.07) is 26.6. The van der Waals surface area contributed by atoms with Crippen LogP contribution in [0.25, 0.3) is 11.0 Å². The summed E-state index contributed by atoms with van der Waals surface area (Å²) in [6.07, 6.45) is 1.28. The molecule has 42 nitrogen and oxygen atoms in total. The number of hydrogen-bond donors (Lipinski definition) is 7. The number of aromatic nitrogens is 1. The quantitative estimate of drug-likeness (QED) is 0.0395. The molecule has 4 atom stereocenters. The number of carbonyl (C=O) groups excluding carboxylic acids is 14. The lowest BCUT2D eigenvalue weighted by Gasteiger charge is -2.29. The van der Waals surface area contributed by atoms with Crippen molar-refractivity contribution in [1.29, 1.82) is 0 Å². The van der Waals surface area contributed by atoms with Gasteiger partial charge in [0.05, 0.1) is 86.8 Å². The number of aromatic amines is 1. The average molecular weight is 1870 g/mol. The maximum Gasteiger partial charge on any atom is 0.410 e. The smallest absolute Gasteiger partial charge is 0.410 e. The minimum Gasteiger partial charge on any atom is -0.497 e. The molecule has 0 radical (unpaired) electrons. The predicted molar refractivity (Wildman–Crippen MR) is 464 cm³/mol. The summed E-state index contributed by atoms with van der Waals surface area (Å²) in [5, 5.41) is 21.5. The highest BCUT2D eigenvalue weighted by atomic mass is 32.2. The molecule has 15 amide bonds. The molecular weight excluding hydrogens is 1780 g/mol. The number of fused-ring (bicyclic) bond motifs is 8. The maximum absolute atomic E-state index is 13.2. The van der Waals surface area contributed by atoms with Crippen LogP contribution in [0.4, 0.5) is 14.4 Å². The van der Waals surface area contributed by atoms with Crippen molar-refractivity contribution in [2.45, 2.75) is 127 Å². The molecule has 135 heavy (non-hydrogen) atoms. The van der Waals surface area contributed by atoms with E-state index in [2.05, 4.69) is 31.6 Å². The van der Waals surface area contributed by atoms with Gasteiger partial charge in [0.1, 0.15) is 79.6 Å². The molecule has 0 unspecified atom stereocenters. The van der Waals surface area contributed by atoms with Crippen molar-refractivity contribution < 1.29 is 132 Å². The fourth-order valence-corrected chi connectivity index (χ4v) is 19.8. The number of rotatable bonds is 20. The first-order valence-electron chi connectivity index (χ1n) is 43.0. The van der Waals surface area contributed by atoms with E-state index in [1.807, 2.05) is 18.2 Å². The zero-order valence-corrected chi connectivity index (χ0v) is 75.0. The van der Waals surface area contributed by atoms with E-state index in [4.69, 9.17) is 46.1 Å². The zero-order chi connectivity index (χ0) is 96.0. The summed E-state index contributed by atoms with van der Waals surface area (Å²) in [4.78, 5) is 214. The number of furan rings is 4. The van der Waals surface area contributed by atoms with Crippen LogP contribution in [0.3, 0.4) is 0 Å². The van der Waals surface area contributed by atoms with Crippen LogP contribution in [0.15, 0.2) is 120 Å². The number of aryl methyl sites for hydroxylation is 1. The maximum atomic E-state index is 13.2. The Kier molecular flexibility index (Phi) is 23.9. The lowest BCUT2D eigenvalue weighted by molar-refractivity contribution is -0.128. The van der Waals surface area contributed by atoms with Crippen LogP contribution < -0.4 is 51.1 Å². The van der Waals surface area contributed by atoms with E-state index in [0.29, 0.717) is 143 Å². The highest BCUT2D eigenvalue weighted by molar-refractivity contribution is 7.88. The Hall–Kier alpha value is -15.4. The van der Waals surface area contributed by atoms with Gasteiger partial charge in [-0.2, -0.15) is 4.31 Å². The van der Waals surface area contributed by atoms with Crippen LogP contribution in [-0.4, -0.2) is 235 Å². The van der Waals surface area contributed by atoms with E-state index < -0.39 is 108 Å². The number of pyridine rings is 1. The highest BCUT2D eigenvalue weighted by Gasteiger charge is 2.59. The van der Waals surface area contributed by atoms with Gasteiger partial charge in [-0.05, 0) is 128 Å². The number of imide groups is 4. The molecule has 4 saturated heterocycles. The number of methoxy groups -OCH3 is 4. The summed E-state index contributed by atoms with van der Waals surface area (Å²) >= 11 is 0. The molecule has 20 rings (SSSR count). The molecule has 11 aliphatic heterocycles. The normalized spacial score (nSPS) is 21.3. The molecule has 11 aliphatic rings. The molecule has 5 aromatic heterocycles. The molecule has 0 bridgehead atoms. The Morgan fingerprint density at radius 2 is 0.815 bits per heavy atom. The second-order valence-corrected chi connectivity index (χ2v) is 36.3. The molecular formula is C92H91N13O29S. The number of urea groups is 1. The molecule has 4 fully saturated rings. The van der Waals surface area contributed by atoms with Gasteiger partial charge < -0.3 is 90.9 Å². The molecule has 43 heteroatoms. The molecule has 9 aromatic rings. The first-order valence-corrected chi connectivity index (χ1v) is 44.8. The molecule has 4 aromatic carbocycles. The van der Waals surface area contributed by atoms with Crippen molar-refractivity contribution in [1.82, 2.24) is 65.3 Å². The van der Waals surface area contributed by atoms with Gasteiger partial charge in [0.2, 0.25) is 45.5 Å². The van der Waals surface area contributed by atoms with Crippen LogP contribution in [-0.2, 0) is 140 Å². The lowest BCUT2D eigenvalue weighted by atomic mass is 9.82. The Balaban J connectivity index is 0.000000125. The third-order valence-electron chi connectivity index (χ3n) is 26.0. The number of aromatic carboxylic acids is 1. The molecule has 0 saturated carbocycles. The Morgan fingerprint density at radius 3 is 1.19 bits per heavy atom. The van der Waals surface area contributed by atoms with Gasteiger partial charge in [-0.1, -0.05) is 24.3 Å². The number of carboxylic acid groups (broad SMARTS) is 1. The van der Waals surface area contributed by atoms with E-state index in [-0.39, 0.29) is 137 Å². The van der Waals surface area contributed by atoms with E-state index >= 15 is 0 Å². The number of ether oxygens (including phenoxy) is 6. The minimum atomic E-state index is -3.38. The van der Waals surface area contributed by atoms with Gasteiger partial charge in [-0.3, -0.25) is 78.8 Å². The second kappa shape index (κ2) is 35.3. The van der Waals surface area contributed by atoms with Gasteiger partial charge in [0.25, 0.3) is 35.1 Å². The predicted octanol–water partition coefficient (Wildman–Crippen LogP) is 4.86. The fraction of sp³-hybridized carbons (Fsp3) is 0.370. The van der Waals surface area contributed by atoms with Gasteiger partial charge in [0.15, 0.2) is 16.7 Å². The molecule has 0 aliphatic carbocycles. The van der Waals surface area contributed by atoms with Crippen LogP contribution in [0.5, 0.6) is 23.0 Å². The average Bonchev–Trinajstić information content (AvgIpc) is 1.58. The molecule has 0 spiro atoms. The zero-order valence-electron chi connectivity index (χ0n) is 74.2. The van der Waals surface area contributed by atoms with Crippen LogP contribution >= 0.6 is 0 Å². The number of benzene rings is 4. The molecule has 704 valence electrons. The van der Waals surface area contributed by atoms with E-state index in [1.54, 1.807) is 113 Å². The van der Waals surface area contributed by atoms with E-state index in [9.17, 15) is 90.2 Å². The van der Waals surface area contributed by atoms with Crippen LogP contribution in [0.2, 0.25) is 0 Å². The number of sulfonamides is 1. The fourth-order valence-electron chi connectivity index (χ4n) is 19.0. The minimum absolute atomic E-state index is 0.00557. The number of H-pyrrole nitrogens is 1. The van der Waals surface area contributed by atoms with Gasteiger partial charge >= 0.3 is 24.2 Å². The summed E-state index contributed by atoms with van der Waals surface area (Å²) in [5.74, 6) is -1.36. The Labute approximate surface area is 767 Å². The summed E-state index contributed by atoms with van der Waals surface area (Å²) < 4.78 is 80.3. The van der Waals surface area contributed by atoms with Crippen molar-refractivity contribution >= 4 is 110 Å². The number of nitrogens with zero attached hydrogens (tertiary/aromatic N) is 7. The Bertz CT molecular complexity index is 6590. The number of nitrogens with one attached hydrogen (secondary N) is 6. The summed E-state index contributed by atoms with van der Waals surface area (Å²) in [5.41, 5.74) is 0.0758. The summed E-state index contributed by atoms with van der Waals surface area (Å²) in [6.45, 7) is 8.15. The topological polar surface area (TPSA) is 534 Å². The van der Waals surface area contributed by atoms with Crippen LogP contribution in [0.1, 0.15) is 170 Å². The SMILES string of the molecule is CCOC(=O)N1CCc2cc([C@]3(CN4Cc5ccc(OC)cc5C4=O)CC(=O)NC3=O)oc2C1.CCOC(=O)N1CCc2oc([C@]3(CN4Cc5ccc(OC)cc5C4=O)CC(=O)NC3=O)cc2C1.COc1ccc2c(c1)C(=O)N(C[C@@]1(c3cc4c(C)[nH]c(=O)c(C(=O)O)c4o3)NC(=O)NC1=O)C2.COc1ccc2c(c1)C(=O)N(C[C@@]1(c3cc4c(o3)CCN(S(C)(=O)=O)C4)CC(=O)NC1=O)C2. The van der Waals surface area contributed by atoms with Crippen molar-refractivity contribution in [3.63, 3.8) is 0 Å². The first kappa shape index (κ1) is 91.5. The van der Waals surface area contributed by atoms with Gasteiger partial charge in [-0.25, -0.2) is 27.6 Å². The monoisotopic (exact) mass is 1870 g/mol. The number of hydrogen-bond acceptors (Lipinski definition) is 28. The van der Waals surface area contributed by atoms with Gasteiger partial charge in [0, 0.05) is 129 Å². The standard InChI is InChI=1S/2C24H25N3O7.C22H18N4O8.C22H23N3O7S/c1-3-33-23(31)26-7-6-14-8-19(34-18(14)12-26)24(10-20(28)25-22(24)30)13-27-11-15-4-5-16(32-2)9-17(15)21(27)29;1-3-33-23(31)26-7-6-18-15(12-26)8-19(34-18)24(10-20(28)25-22(24)30)13-27-11-14-4-5-16(32-2)9-17(14)21(27)29;1-9-12-6-14(34-16(12)15(19(29)30)17(27)23-9)22(20(31)24-21(32)25-22)8-26-7-10-3-4-11(33-2)5-13(10)18(26)28;1-31-15-4-3-13-10-24(20(27)16(13)8-15)12-22(9-19(26)23-21(22)28)18-7-14-11-25(33(2,29)30)6-5-17(14)32-18/h2*4-5,8-9H,3,6-7,10-13H2,1-2H3,(H,25,28,30);3-6H,7-8H2,1-2H3,(H,23,27)(H,29,30)(H2,24,25,31,32);3-4,7-8H,5-6,9-12H2,1-2H3,(H,23,26,28)/t2*24-;2*22-/m1101/s1. The Morgan fingerprint density at radius 1 is 0.430 bits per heavy atom. The van der Waals surface area contributed by atoms with Gasteiger partial charge in [-0.15, -0.1) is 0 Å². The van der Waals surface area contributed by atoms with Crippen molar-refractivity contribution in [2.75, 3.05) is 93.7 Å². The lowest BCUT2D eigenvalue weighted by Crippen LogP contribution is -2.52. The van der Waals surface area contributed by atoms with Crippen molar-refractivity contribution in [2.24, 2.45) is 0 Å². The third-order valence-corrected chi connectivity index (χ3v) is 27.3. The second-order valence-electron chi connectivity index (χ2n) is 34.3. The summed E-state index contributed by atoms with van der Waals surface area (Å²) in [7, 11) is 2.68. The number of amides is 15. The van der Waals surface area contributed by atoms with Crippen LogP contribution in [0, 0.1) is 6.92 Å². The molecule has 16 heterocycles. The van der Waals surface area contributed by atoms with E-state index in [1.165, 1.54) is 48.6 Å².